The molecule has 1 aromatic carbocycles. The molecule has 138 valence electrons. The summed E-state index contributed by atoms with van der Waals surface area (Å²) in [5, 5.41) is 2.88. The van der Waals surface area contributed by atoms with Gasteiger partial charge in [-0.2, -0.15) is 0 Å². The average Bonchev–Trinajstić information content (AvgIpc) is 2.89. The molecular weight excluding hydrogens is 340 g/mol. The molecule has 0 bridgehead atoms. The predicted molar refractivity (Wildman–Crippen MR) is 96.5 cm³/mol. The summed E-state index contributed by atoms with van der Waals surface area (Å²) in [5.41, 5.74) is 1.12. The van der Waals surface area contributed by atoms with E-state index >= 15 is 0 Å². The molecule has 0 spiro atoms. The van der Waals surface area contributed by atoms with Gasteiger partial charge in [0.15, 0.2) is 16.4 Å². The van der Waals surface area contributed by atoms with Crippen LogP contribution in [-0.4, -0.2) is 62.5 Å². The summed E-state index contributed by atoms with van der Waals surface area (Å²) in [4.78, 5) is 14.5. The molecule has 2 unspecified atom stereocenters. The van der Waals surface area contributed by atoms with Gasteiger partial charge in [-0.05, 0) is 45.0 Å². The molecule has 1 amide bonds. The van der Waals surface area contributed by atoms with Crippen LogP contribution >= 0.6 is 0 Å². The molecule has 2 fully saturated rings. The van der Waals surface area contributed by atoms with E-state index in [1.807, 2.05) is 31.2 Å². The van der Waals surface area contributed by atoms with E-state index < -0.39 is 9.84 Å². The number of benzene rings is 1. The Balaban J connectivity index is 1.57. The van der Waals surface area contributed by atoms with Gasteiger partial charge in [0.05, 0.1) is 17.5 Å². The fourth-order valence-electron chi connectivity index (χ4n) is 3.61. The van der Waals surface area contributed by atoms with Crippen LogP contribution in [0.4, 0.5) is 0 Å². The van der Waals surface area contributed by atoms with Crippen molar-refractivity contribution in [1.82, 2.24) is 10.2 Å². The smallest absolute Gasteiger partial charge is 0.258 e. The van der Waals surface area contributed by atoms with Crippen LogP contribution in [0.5, 0.6) is 5.75 Å². The van der Waals surface area contributed by atoms with E-state index in [1.54, 1.807) is 0 Å². The lowest BCUT2D eigenvalue weighted by atomic mass is 10.0. The Morgan fingerprint density at radius 2 is 1.84 bits per heavy atom. The highest BCUT2D eigenvalue weighted by atomic mass is 32.2. The van der Waals surface area contributed by atoms with Crippen LogP contribution in [-0.2, 0) is 14.6 Å². The fraction of sp³-hybridized carbons (Fsp3) is 0.611. The van der Waals surface area contributed by atoms with Crippen molar-refractivity contribution in [2.75, 3.05) is 31.2 Å². The average molecular weight is 366 g/mol. The Bertz CT molecular complexity index is 696. The molecule has 2 aliphatic rings. The third-order valence-corrected chi connectivity index (χ3v) is 6.64. The van der Waals surface area contributed by atoms with Gasteiger partial charge in [0, 0.05) is 6.04 Å². The van der Waals surface area contributed by atoms with Crippen molar-refractivity contribution in [3.8, 4) is 5.75 Å². The number of sulfone groups is 1. The summed E-state index contributed by atoms with van der Waals surface area (Å²) < 4.78 is 29.6. The number of likely N-dealkylation sites (tertiary alicyclic amines) is 1. The zero-order valence-electron chi connectivity index (χ0n) is 14.6. The second-order valence-corrected chi connectivity index (χ2v) is 9.17. The topological polar surface area (TPSA) is 75.7 Å². The van der Waals surface area contributed by atoms with Gasteiger partial charge in [-0.15, -0.1) is 0 Å². The Hall–Kier alpha value is -1.60. The number of ether oxygens (including phenoxy) is 1. The van der Waals surface area contributed by atoms with Crippen molar-refractivity contribution in [1.29, 1.82) is 0 Å². The molecule has 0 aliphatic carbocycles. The first-order valence-electron chi connectivity index (χ1n) is 8.86. The first-order chi connectivity index (χ1) is 11.9. The largest absolute Gasteiger partial charge is 0.484 e. The number of piperidine rings is 1. The Morgan fingerprint density at radius 1 is 1.16 bits per heavy atom. The monoisotopic (exact) mass is 366 g/mol. The zero-order chi connectivity index (χ0) is 17.9. The molecule has 3 rings (SSSR count). The first kappa shape index (κ1) is 18.2. The number of aryl methyl sites for hydroxylation is 1. The summed E-state index contributed by atoms with van der Waals surface area (Å²) in [5.74, 6) is 0.512. The molecule has 1 N–H and O–H groups in total. The van der Waals surface area contributed by atoms with E-state index in [1.165, 1.54) is 6.42 Å². The summed E-state index contributed by atoms with van der Waals surface area (Å²) >= 11 is 0. The molecule has 0 radical (unpaired) electrons. The van der Waals surface area contributed by atoms with Crippen LogP contribution in [0.15, 0.2) is 24.3 Å². The van der Waals surface area contributed by atoms with Gasteiger partial charge in [0.1, 0.15) is 5.75 Å². The molecule has 2 atom stereocenters. The molecule has 2 saturated heterocycles. The summed E-state index contributed by atoms with van der Waals surface area (Å²) in [7, 11) is -3.11. The van der Waals surface area contributed by atoms with Gasteiger partial charge in [0.2, 0.25) is 0 Å². The summed E-state index contributed by atoms with van der Waals surface area (Å²) in [6, 6.07) is 7.01. The fourth-order valence-corrected chi connectivity index (χ4v) is 5.56. The number of amides is 1. The number of hydrogen-bond acceptors (Lipinski definition) is 5. The van der Waals surface area contributed by atoms with Gasteiger partial charge >= 0.3 is 0 Å². The Kier molecular flexibility index (Phi) is 5.64. The number of rotatable bonds is 5. The van der Waals surface area contributed by atoms with Crippen LogP contribution in [0.2, 0.25) is 0 Å². The molecule has 0 aromatic heterocycles. The lowest BCUT2D eigenvalue weighted by molar-refractivity contribution is -0.124. The number of nitrogens with one attached hydrogen (secondary N) is 1. The van der Waals surface area contributed by atoms with Crippen LogP contribution in [0.3, 0.4) is 0 Å². The number of nitrogens with zero attached hydrogens (tertiary/aromatic N) is 1. The normalized spacial score (nSPS) is 26.3. The molecule has 2 heterocycles. The van der Waals surface area contributed by atoms with Crippen molar-refractivity contribution < 1.29 is 17.9 Å². The zero-order valence-corrected chi connectivity index (χ0v) is 15.4. The maximum Gasteiger partial charge on any atom is 0.258 e. The van der Waals surface area contributed by atoms with Crippen LogP contribution < -0.4 is 10.1 Å². The summed E-state index contributed by atoms with van der Waals surface area (Å²) in [6.45, 7) is 3.70. The van der Waals surface area contributed by atoms with Gasteiger partial charge in [-0.3, -0.25) is 9.69 Å². The van der Waals surface area contributed by atoms with E-state index in [0.29, 0.717) is 5.75 Å². The molecule has 6 nitrogen and oxygen atoms in total. The maximum atomic E-state index is 12.2. The minimum Gasteiger partial charge on any atom is -0.484 e. The Morgan fingerprint density at radius 3 is 2.52 bits per heavy atom. The maximum absolute atomic E-state index is 12.2. The van der Waals surface area contributed by atoms with Gasteiger partial charge in [-0.1, -0.05) is 24.1 Å². The third-order valence-electron chi connectivity index (χ3n) is 4.92. The highest BCUT2D eigenvalue weighted by Crippen LogP contribution is 2.22. The van der Waals surface area contributed by atoms with Crippen LogP contribution in [0.25, 0.3) is 0 Å². The lowest BCUT2D eigenvalue weighted by Gasteiger charge is -2.34. The van der Waals surface area contributed by atoms with Crippen molar-refractivity contribution in [3.05, 3.63) is 29.8 Å². The lowest BCUT2D eigenvalue weighted by Crippen LogP contribution is -2.53. The quantitative estimate of drug-likeness (QED) is 0.846. The second kappa shape index (κ2) is 7.74. The summed E-state index contributed by atoms with van der Waals surface area (Å²) in [6.07, 6.45) is 3.37. The van der Waals surface area contributed by atoms with E-state index in [-0.39, 0.29) is 36.1 Å². The van der Waals surface area contributed by atoms with Crippen molar-refractivity contribution in [3.63, 3.8) is 0 Å². The van der Waals surface area contributed by atoms with Crippen molar-refractivity contribution in [2.24, 2.45) is 0 Å². The predicted octanol–water partition coefficient (Wildman–Crippen LogP) is 1.14. The highest BCUT2D eigenvalue weighted by Gasteiger charge is 2.41. The number of carbonyl (C=O) groups is 1. The van der Waals surface area contributed by atoms with E-state index in [4.69, 9.17) is 4.74 Å². The number of hydrogen-bond donors (Lipinski definition) is 1. The van der Waals surface area contributed by atoms with Gasteiger partial charge < -0.3 is 10.1 Å². The van der Waals surface area contributed by atoms with Crippen LogP contribution in [0.1, 0.15) is 24.8 Å². The van der Waals surface area contributed by atoms with Crippen molar-refractivity contribution >= 4 is 15.7 Å². The standard InChI is InChI=1S/C18H26N2O4S/c1-14-5-7-15(8-6-14)24-11-18(21)19-16-12-25(22,23)13-17(16)20-9-3-2-4-10-20/h5-8,16-17H,2-4,9-13H2,1H3,(H,19,21). The van der Waals surface area contributed by atoms with E-state index in [0.717, 1.165) is 31.5 Å². The molecular formula is C18H26N2O4S. The van der Waals surface area contributed by atoms with E-state index in [2.05, 4.69) is 10.2 Å². The molecule has 25 heavy (non-hydrogen) atoms. The van der Waals surface area contributed by atoms with Gasteiger partial charge in [-0.25, -0.2) is 8.42 Å². The SMILES string of the molecule is Cc1ccc(OCC(=O)NC2CS(=O)(=O)CC2N2CCCCC2)cc1. The minimum absolute atomic E-state index is 0.0183. The number of carbonyl (C=O) groups excluding carboxylic acids is 1. The molecule has 1 aromatic rings. The molecule has 0 saturated carbocycles. The van der Waals surface area contributed by atoms with Gasteiger partial charge in [0.25, 0.3) is 5.91 Å². The molecule has 7 heteroatoms. The first-order valence-corrected chi connectivity index (χ1v) is 10.7. The second-order valence-electron chi connectivity index (χ2n) is 7.02. The Labute approximate surface area is 149 Å². The van der Waals surface area contributed by atoms with Crippen molar-refractivity contribution in [2.45, 2.75) is 38.3 Å². The van der Waals surface area contributed by atoms with E-state index in [9.17, 15) is 13.2 Å². The minimum atomic E-state index is -3.11. The highest BCUT2D eigenvalue weighted by molar-refractivity contribution is 7.91. The third kappa shape index (κ3) is 4.95. The van der Waals surface area contributed by atoms with Crippen LogP contribution in [0, 0.1) is 6.92 Å². The molecule has 2 aliphatic heterocycles.